The lowest BCUT2D eigenvalue weighted by Crippen LogP contribution is -2.48. The lowest BCUT2D eigenvalue weighted by atomic mass is 9.84. The molecule has 0 aliphatic carbocycles. The first-order valence-corrected chi connectivity index (χ1v) is 7.38. The van der Waals surface area contributed by atoms with Crippen LogP contribution in [0.3, 0.4) is 0 Å². The molecule has 4 nitrogen and oxygen atoms in total. The smallest absolute Gasteiger partial charge is 0.272 e. The Kier molecular flexibility index (Phi) is 2.79. The van der Waals surface area contributed by atoms with Crippen molar-refractivity contribution < 1.29 is 9.63 Å². The first-order valence-electron chi connectivity index (χ1n) is 7.38. The summed E-state index contributed by atoms with van der Waals surface area (Å²) in [6, 6.07) is 15.9. The molecular weight excluding hydrogens is 276 g/mol. The van der Waals surface area contributed by atoms with Gasteiger partial charge in [0.1, 0.15) is 0 Å². The zero-order valence-corrected chi connectivity index (χ0v) is 12.3. The summed E-state index contributed by atoms with van der Waals surface area (Å²) in [4.78, 5) is 18.1. The number of fused-ring (bicyclic) bond motifs is 1. The fourth-order valence-electron chi connectivity index (χ4n) is 3.02. The van der Waals surface area contributed by atoms with Gasteiger partial charge in [0, 0.05) is 18.5 Å². The standard InChI is InChI=1S/C18H16N2O2/c1-12-6-8-13(9-7-12)16-11-18(22-20-16)10-14-4-2-3-5-15(14)19-17(18)21/h2-9H,10-11H2,1H3,(H,19,21). The highest BCUT2D eigenvalue weighted by molar-refractivity contribution is 6.09. The summed E-state index contributed by atoms with van der Waals surface area (Å²) in [7, 11) is 0. The second kappa shape index (κ2) is 4.70. The minimum absolute atomic E-state index is 0.114. The number of anilines is 1. The van der Waals surface area contributed by atoms with Crippen LogP contribution in [0, 0.1) is 6.92 Å². The van der Waals surface area contributed by atoms with E-state index in [9.17, 15) is 4.79 Å². The molecule has 1 atom stereocenters. The van der Waals surface area contributed by atoms with Crippen LogP contribution in [0.4, 0.5) is 5.69 Å². The monoisotopic (exact) mass is 292 g/mol. The van der Waals surface area contributed by atoms with Crippen molar-refractivity contribution in [3.05, 3.63) is 65.2 Å². The third-order valence-electron chi connectivity index (χ3n) is 4.32. The van der Waals surface area contributed by atoms with E-state index in [4.69, 9.17) is 4.84 Å². The van der Waals surface area contributed by atoms with Gasteiger partial charge in [-0.2, -0.15) is 0 Å². The zero-order chi connectivity index (χ0) is 15.2. The summed E-state index contributed by atoms with van der Waals surface area (Å²) in [5, 5.41) is 7.13. The molecule has 22 heavy (non-hydrogen) atoms. The van der Waals surface area contributed by atoms with Gasteiger partial charge < -0.3 is 10.2 Å². The minimum atomic E-state index is -0.908. The second-order valence-corrected chi connectivity index (χ2v) is 5.95. The molecule has 1 spiro atoms. The number of oxime groups is 1. The molecule has 2 aliphatic heterocycles. The van der Waals surface area contributed by atoms with Crippen LogP contribution in [-0.4, -0.2) is 17.2 Å². The SMILES string of the molecule is Cc1ccc(C2=NOC3(C2)Cc2ccccc2NC3=O)cc1. The summed E-state index contributed by atoms with van der Waals surface area (Å²) in [5.74, 6) is -0.114. The summed E-state index contributed by atoms with van der Waals surface area (Å²) in [5.41, 5.74) is 4.08. The van der Waals surface area contributed by atoms with Gasteiger partial charge in [0.05, 0.1) is 5.71 Å². The lowest BCUT2D eigenvalue weighted by molar-refractivity contribution is -0.138. The van der Waals surface area contributed by atoms with E-state index in [-0.39, 0.29) is 5.91 Å². The Balaban J connectivity index is 1.63. The molecular formula is C18H16N2O2. The first kappa shape index (κ1) is 13.1. The quantitative estimate of drug-likeness (QED) is 0.878. The van der Waals surface area contributed by atoms with Crippen molar-refractivity contribution in [2.75, 3.05) is 5.32 Å². The predicted octanol–water partition coefficient (Wildman–Crippen LogP) is 3.05. The molecule has 2 heterocycles. The highest BCUT2D eigenvalue weighted by atomic mass is 16.7. The van der Waals surface area contributed by atoms with E-state index >= 15 is 0 Å². The van der Waals surface area contributed by atoms with Crippen LogP contribution in [0.2, 0.25) is 0 Å². The maximum atomic E-state index is 12.5. The predicted molar refractivity (Wildman–Crippen MR) is 84.9 cm³/mol. The van der Waals surface area contributed by atoms with Crippen LogP contribution >= 0.6 is 0 Å². The Hall–Kier alpha value is -2.62. The molecule has 1 amide bonds. The molecule has 4 heteroatoms. The average molecular weight is 292 g/mol. The molecule has 0 saturated heterocycles. The van der Waals surface area contributed by atoms with Crippen molar-refractivity contribution in [3.8, 4) is 0 Å². The highest BCUT2D eigenvalue weighted by Gasteiger charge is 2.49. The minimum Gasteiger partial charge on any atom is -0.378 e. The lowest BCUT2D eigenvalue weighted by Gasteiger charge is -2.31. The van der Waals surface area contributed by atoms with Crippen molar-refractivity contribution >= 4 is 17.3 Å². The van der Waals surface area contributed by atoms with Crippen molar-refractivity contribution in [1.82, 2.24) is 0 Å². The molecule has 1 N–H and O–H groups in total. The molecule has 0 aromatic heterocycles. The highest BCUT2D eigenvalue weighted by Crippen LogP contribution is 2.37. The van der Waals surface area contributed by atoms with E-state index in [1.165, 1.54) is 5.56 Å². The largest absolute Gasteiger partial charge is 0.378 e. The van der Waals surface area contributed by atoms with Crippen LogP contribution in [0.15, 0.2) is 53.7 Å². The number of benzene rings is 2. The molecule has 0 bridgehead atoms. The number of para-hydroxylation sites is 1. The third kappa shape index (κ3) is 1.99. The van der Waals surface area contributed by atoms with E-state index in [2.05, 4.69) is 10.5 Å². The van der Waals surface area contributed by atoms with Crippen molar-refractivity contribution in [1.29, 1.82) is 0 Å². The number of hydrogen-bond donors (Lipinski definition) is 1. The molecule has 1 unspecified atom stereocenters. The second-order valence-electron chi connectivity index (χ2n) is 5.95. The number of rotatable bonds is 1. The van der Waals surface area contributed by atoms with Gasteiger partial charge in [0.2, 0.25) is 5.60 Å². The number of amides is 1. The van der Waals surface area contributed by atoms with Crippen molar-refractivity contribution in [3.63, 3.8) is 0 Å². The fourth-order valence-corrected chi connectivity index (χ4v) is 3.02. The van der Waals surface area contributed by atoms with E-state index in [0.29, 0.717) is 12.8 Å². The van der Waals surface area contributed by atoms with E-state index < -0.39 is 5.60 Å². The normalized spacial score (nSPS) is 22.8. The van der Waals surface area contributed by atoms with Crippen LogP contribution in [-0.2, 0) is 16.1 Å². The van der Waals surface area contributed by atoms with E-state index in [0.717, 1.165) is 22.5 Å². The summed E-state index contributed by atoms with van der Waals surface area (Å²) < 4.78 is 0. The Labute approximate surface area is 128 Å². The van der Waals surface area contributed by atoms with Crippen LogP contribution in [0.1, 0.15) is 23.1 Å². The molecule has 2 aromatic rings. The molecule has 4 rings (SSSR count). The Bertz CT molecular complexity index is 780. The van der Waals surface area contributed by atoms with Gasteiger partial charge in [-0.05, 0) is 24.1 Å². The Morgan fingerprint density at radius 1 is 1.09 bits per heavy atom. The maximum Gasteiger partial charge on any atom is 0.272 e. The zero-order valence-electron chi connectivity index (χ0n) is 12.3. The number of nitrogens with one attached hydrogen (secondary N) is 1. The van der Waals surface area contributed by atoms with E-state index in [1.807, 2.05) is 55.5 Å². The molecule has 2 aliphatic rings. The first-order chi connectivity index (χ1) is 10.7. The van der Waals surface area contributed by atoms with Gasteiger partial charge in [-0.15, -0.1) is 0 Å². The topological polar surface area (TPSA) is 50.7 Å². The number of nitrogens with zero attached hydrogens (tertiary/aromatic N) is 1. The summed E-state index contributed by atoms with van der Waals surface area (Å²) in [6.07, 6.45) is 1.05. The third-order valence-corrected chi connectivity index (χ3v) is 4.32. The number of carbonyl (C=O) groups excluding carboxylic acids is 1. The summed E-state index contributed by atoms with van der Waals surface area (Å²) in [6.45, 7) is 2.05. The van der Waals surface area contributed by atoms with Crippen LogP contribution in [0.5, 0.6) is 0 Å². The Morgan fingerprint density at radius 2 is 1.86 bits per heavy atom. The van der Waals surface area contributed by atoms with Gasteiger partial charge >= 0.3 is 0 Å². The molecule has 2 aromatic carbocycles. The van der Waals surface area contributed by atoms with Crippen molar-refractivity contribution in [2.24, 2.45) is 5.16 Å². The average Bonchev–Trinajstić information content (AvgIpc) is 2.94. The molecule has 110 valence electrons. The van der Waals surface area contributed by atoms with Gasteiger partial charge in [-0.3, -0.25) is 4.79 Å². The molecule has 0 radical (unpaired) electrons. The maximum absolute atomic E-state index is 12.5. The molecule has 0 saturated carbocycles. The van der Waals surface area contributed by atoms with Gasteiger partial charge in [-0.25, -0.2) is 0 Å². The molecule has 0 fully saturated rings. The van der Waals surface area contributed by atoms with Crippen molar-refractivity contribution in [2.45, 2.75) is 25.4 Å². The van der Waals surface area contributed by atoms with Gasteiger partial charge in [0.25, 0.3) is 5.91 Å². The van der Waals surface area contributed by atoms with Gasteiger partial charge in [-0.1, -0.05) is 53.2 Å². The number of hydrogen-bond acceptors (Lipinski definition) is 3. The van der Waals surface area contributed by atoms with E-state index in [1.54, 1.807) is 0 Å². The van der Waals surface area contributed by atoms with Crippen LogP contribution in [0.25, 0.3) is 0 Å². The fraction of sp³-hybridized carbons (Fsp3) is 0.222. The summed E-state index contributed by atoms with van der Waals surface area (Å²) >= 11 is 0. The van der Waals surface area contributed by atoms with Crippen LogP contribution < -0.4 is 5.32 Å². The Morgan fingerprint density at radius 3 is 2.68 bits per heavy atom. The van der Waals surface area contributed by atoms with Gasteiger partial charge in [0.15, 0.2) is 0 Å². The number of carbonyl (C=O) groups is 1. The number of aryl methyl sites for hydroxylation is 1.